The van der Waals surface area contributed by atoms with Crippen molar-refractivity contribution in [3.8, 4) is 0 Å². The smallest absolute Gasteiger partial charge is 0.246 e. The first-order valence-electron chi connectivity index (χ1n) is 4.01. The van der Waals surface area contributed by atoms with E-state index in [1.54, 1.807) is 12.1 Å². The van der Waals surface area contributed by atoms with Gasteiger partial charge in [-0.05, 0) is 18.2 Å². The predicted octanol–water partition coefficient (Wildman–Crippen LogP) is 1.34. The van der Waals surface area contributed by atoms with Crippen molar-refractivity contribution in [2.75, 3.05) is 19.0 Å². The molecule has 0 saturated carbocycles. The lowest BCUT2D eigenvalue weighted by molar-refractivity contribution is 0.482. The number of anilines is 1. The van der Waals surface area contributed by atoms with Gasteiger partial charge < -0.3 is 5.32 Å². The molecule has 0 radical (unpaired) electrons. The maximum Gasteiger partial charge on any atom is 0.246 e. The van der Waals surface area contributed by atoms with E-state index in [0.717, 1.165) is 0 Å². The van der Waals surface area contributed by atoms with Crippen LogP contribution in [-0.4, -0.2) is 26.4 Å². The zero-order valence-corrected chi connectivity index (χ0v) is 9.06. The lowest BCUT2D eigenvalue weighted by Gasteiger charge is -2.26. The molecule has 0 fully saturated rings. The van der Waals surface area contributed by atoms with Crippen LogP contribution < -0.4 is 5.32 Å². The molecule has 1 aromatic carbocycles. The highest BCUT2D eigenvalue weighted by atomic mass is 35.5. The molecule has 0 saturated heterocycles. The van der Waals surface area contributed by atoms with Crippen LogP contribution in [0, 0.1) is 0 Å². The zero-order valence-electron chi connectivity index (χ0n) is 7.49. The quantitative estimate of drug-likeness (QED) is 0.735. The lowest BCUT2D eigenvalue weighted by Crippen LogP contribution is -2.36. The second kappa shape index (κ2) is 3.12. The van der Waals surface area contributed by atoms with Crippen molar-refractivity contribution in [3.05, 3.63) is 23.2 Å². The molecule has 0 amide bonds. The van der Waals surface area contributed by atoms with Gasteiger partial charge in [0.05, 0.1) is 12.4 Å². The predicted molar refractivity (Wildman–Crippen MR) is 54.9 cm³/mol. The molecule has 1 aliphatic rings. The Morgan fingerprint density at radius 3 is 2.93 bits per heavy atom. The van der Waals surface area contributed by atoms with Gasteiger partial charge in [-0.25, -0.2) is 8.42 Å². The van der Waals surface area contributed by atoms with Crippen molar-refractivity contribution in [1.82, 2.24) is 4.31 Å². The molecule has 6 heteroatoms. The molecule has 0 unspecified atom stereocenters. The standard InChI is InChI=1S/C8H9ClN2O2S/c1-11-5-10-7-4-6(9)2-3-8(7)14(11,12)13/h2-4,10H,5H2,1H3. The number of hydrogen-bond acceptors (Lipinski definition) is 3. The molecule has 1 aromatic rings. The minimum absolute atomic E-state index is 0.273. The lowest BCUT2D eigenvalue weighted by atomic mass is 10.3. The average molecular weight is 233 g/mol. The van der Waals surface area contributed by atoms with Crippen LogP contribution in [0.1, 0.15) is 0 Å². The highest BCUT2D eigenvalue weighted by Crippen LogP contribution is 2.30. The van der Waals surface area contributed by atoms with Gasteiger partial charge in [0.15, 0.2) is 0 Å². The molecular weight excluding hydrogens is 224 g/mol. The van der Waals surface area contributed by atoms with Gasteiger partial charge in [0, 0.05) is 12.1 Å². The van der Waals surface area contributed by atoms with E-state index in [4.69, 9.17) is 11.6 Å². The molecule has 76 valence electrons. The Kier molecular flexibility index (Phi) is 2.17. The second-order valence-corrected chi connectivity index (χ2v) is 5.53. The molecule has 2 rings (SSSR count). The summed E-state index contributed by atoms with van der Waals surface area (Å²) in [6.45, 7) is 0.273. The highest BCUT2D eigenvalue weighted by molar-refractivity contribution is 7.89. The fraction of sp³-hybridized carbons (Fsp3) is 0.250. The number of benzene rings is 1. The highest BCUT2D eigenvalue weighted by Gasteiger charge is 2.28. The molecule has 1 aliphatic heterocycles. The number of hydrogen-bond donors (Lipinski definition) is 1. The SMILES string of the molecule is CN1CNc2cc(Cl)ccc2S1(=O)=O. The number of sulfonamides is 1. The first-order valence-corrected chi connectivity index (χ1v) is 5.83. The van der Waals surface area contributed by atoms with E-state index in [1.807, 2.05) is 0 Å². The number of halogens is 1. The van der Waals surface area contributed by atoms with Crippen LogP contribution in [0.15, 0.2) is 23.1 Å². The van der Waals surface area contributed by atoms with Crippen LogP contribution in [0.2, 0.25) is 5.02 Å². The van der Waals surface area contributed by atoms with Crippen LogP contribution in [0.3, 0.4) is 0 Å². The average Bonchev–Trinajstić information content (AvgIpc) is 2.12. The van der Waals surface area contributed by atoms with Gasteiger partial charge >= 0.3 is 0 Å². The molecule has 1 heterocycles. The third kappa shape index (κ3) is 1.37. The van der Waals surface area contributed by atoms with E-state index in [9.17, 15) is 8.42 Å². The van der Waals surface area contributed by atoms with Crippen LogP contribution in [-0.2, 0) is 10.0 Å². The van der Waals surface area contributed by atoms with Crippen LogP contribution in [0.25, 0.3) is 0 Å². The summed E-state index contributed by atoms with van der Waals surface area (Å²) in [5.74, 6) is 0. The van der Waals surface area contributed by atoms with Crippen LogP contribution in [0.4, 0.5) is 5.69 Å². The third-order valence-electron chi connectivity index (χ3n) is 2.12. The normalized spacial score (nSPS) is 19.9. The first kappa shape index (κ1) is 9.76. The van der Waals surface area contributed by atoms with E-state index in [2.05, 4.69) is 5.32 Å². The van der Waals surface area contributed by atoms with Crippen LogP contribution >= 0.6 is 11.6 Å². The van der Waals surface area contributed by atoms with Crippen molar-refractivity contribution in [2.24, 2.45) is 0 Å². The van der Waals surface area contributed by atoms with Gasteiger partial charge in [0.1, 0.15) is 4.90 Å². The van der Waals surface area contributed by atoms with Crippen molar-refractivity contribution in [2.45, 2.75) is 4.90 Å². The summed E-state index contributed by atoms with van der Waals surface area (Å²) in [4.78, 5) is 0.274. The van der Waals surface area contributed by atoms with E-state index in [-0.39, 0.29) is 11.6 Å². The number of nitrogens with zero attached hydrogens (tertiary/aromatic N) is 1. The maximum absolute atomic E-state index is 11.8. The minimum atomic E-state index is -3.33. The van der Waals surface area contributed by atoms with Crippen LogP contribution in [0.5, 0.6) is 0 Å². The van der Waals surface area contributed by atoms with Gasteiger partial charge in [0.25, 0.3) is 0 Å². The van der Waals surface area contributed by atoms with E-state index < -0.39 is 10.0 Å². The number of fused-ring (bicyclic) bond motifs is 1. The van der Waals surface area contributed by atoms with Crippen molar-refractivity contribution < 1.29 is 8.42 Å². The van der Waals surface area contributed by atoms with E-state index in [1.165, 1.54) is 17.4 Å². The largest absolute Gasteiger partial charge is 0.370 e. The van der Waals surface area contributed by atoms with Gasteiger partial charge in [-0.3, -0.25) is 0 Å². The van der Waals surface area contributed by atoms with Gasteiger partial charge in [-0.2, -0.15) is 4.31 Å². The zero-order chi connectivity index (χ0) is 10.3. The summed E-state index contributed by atoms with van der Waals surface area (Å²) >= 11 is 5.76. The molecule has 0 aliphatic carbocycles. The molecule has 0 spiro atoms. The summed E-state index contributed by atoms with van der Waals surface area (Å²) in [7, 11) is -1.80. The third-order valence-corrected chi connectivity index (χ3v) is 4.22. The van der Waals surface area contributed by atoms with E-state index >= 15 is 0 Å². The Bertz CT molecular complexity index is 472. The van der Waals surface area contributed by atoms with Crippen molar-refractivity contribution >= 4 is 27.3 Å². The van der Waals surface area contributed by atoms with Gasteiger partial charge in [-0.1, -0.05) is 11.6 Å². The Morgan fingerprint density at radius 1 is 1.50 bits per heavy atom. The van der Waals surface area contributed by atoms with Gasteiger partial charge in [0.2, 0.25) is 10.0 Å². The fourth-order valence-corrected chi connectivity index (χ4v) is 2.71. The maximum atomic E-state index is 11.8. The molecule has 0 aromatic heterocycles. The Balaban J connectivity index is 2.65. The van der Waals surface area contributed by atoms with Gasteiger partial charge in [-0.15, -0.1) is 0 Å². The molecule has 0 bridgehead atoms. The summed E-state index contributed by atoms with van der Waals surface area (Å²) in [5, 5.41) is 3.50. The summed E-state index contributed by atoms with van der Waals surface area (Å²) in [6.07, 6.45) is 0. The monoisotopic (exact) mass is 232 g/mol. The minimum Gasteiger partial charge on any atom is -0.370 e. The number of nitrogens with one attached hydrogen (secondary N) is 1. The molecular formula is C8H9ClN2O2S. The molecule has 0 atom stereocenters. The summed E-state index contributed by atoms with van der Waals surface area (Å²) < 4.78 is 24.8. The summed E-state index contributed by atoms with van der Waals surface area (Å²) in [6, 6.07) is 4.69. The molecule has 14 heavy (non-hydrogen) atoms. The fourth-order valence-electron chi connectivity index (χ4n) is 1.31. The first-order chi connectivity index (χ1) is 6.51. The Hall–Kier alpha value is -0.780. The van der Waals surface area contributed by atoms with Crippen molar-refractivity contribution in [3.63, 3.8) is 0 Å². The Morgan fingerprint density at radius 2 is 2.21 bits per heavy atom. The number of rotatable bonds is 0. The molecule has 4 nitrogen and oxygen atoms in total. The topological polar surface area (TPSA) is 49.4 Å². The van der Waals surface area contributed by atoms with E-state index in [0.29, 0.717) is 10.7 Å². The van der Waals surface area contributed by atoms with Crippen molar-refractivity contribution in [1.29, 1.82) is 0 Å². The summed E-state index contributed by atoms with van der Waals surface area (Å²) in [5.41, 5.74) is 0.565. The second-order valence-electron chi connectivity index (χ2n) is 3.08. The molecule has 1 N–H and O–H groups in total. The Labute approximate surface area is 87.5 Å².